The molecule has 3 saturated heterocycles. The zero-order chi connectivity index (χ0) is 71.3. The molecule has 3 aliphatic heterocycles. The van der Waals surface area contributed by atoms with Gasteiger partial charge in [0.25, 0.3) is 0 Å². The summed E-state index contributed by atoms with van der Waals surface area (Å²) >= 11 is 18.6. The van der Waals surface area contributed by atoms with E-state index < -0.39 is 34.2 Å². The standard InChI is InChI=1S/2C22H27ClFN3O2.C22H25ClFN3O.2C4H10O.3CH4.ClH.K.H2O/c2*1-26(2)13-18-14-27(12-16-6-7-19(24)11-20(16)23)9-8-22(18,29)17-5-3-4-15(10-17)21(25)28;1-26(2)14-19-15-27(13-17-6-7-20(24)11-21(17)23)9-8-22(19,28)18-5-3-4-16(10-18)12-25;1-4(2,3)5;1-3-5-4-2;;;;;;/h2*3-7,10-11,18,29H,8-9,12-14H2,1-2H3,(H2,25,28);3-7,10-11,19,28H,8-9,13-15H2,1-2H3;5H,1-3H3;3-4H2,1-2H3;3*1H4;1H;;1H2/q;;;;;;;;;+1;/p-1/t2*18-,22-;19-,22-;;;;;;;;/m000......../s1. The van der Waals surface area contributed by atoms with E-state index in [2.05, 4.69) is 25.7 Å². The Bertz CT molecular complexity index is 3390. The van der Waals surface area contributed by atoms with E-state index in [9.17, 15) is 43.3 Å². The number of carbonyl (C=O) groups excluding carboxylic acids is 2. The number of carbonyl (C=O) groups is 2. The Balaban J connectivity index is 0. The topological polar surface area (TPSA) is 250 Å². The Morgan fingerprint density at radius 2 is 0.824 bits per heavy atom. The van der Waals surface area contributed by atoms with Crippen molar-refractivity contribution in [2.75, 3.05) is 114 Å². The van der Waals surface area contributed by atoms with Crippen molar-refractivity contribution in [3.05, 3.63) is 210 Å². The van der Waals surface area contributed by atoms with Crippen LogP contribution in [0.3, 0.4) is 0 Å². The van der Waals surface area contributed by atoms with E-state index in [1.807, 2.05) is 90.2 Å². The number of benzene rings is 6. The summed E-state index contributed by atoms with van der Waals surface area (Å²) in [5, 5.41) is 53.9. The monoisotopic (exact) mass is 1530 g/mol. The molecule has 9 rings (SSSR count). The van der Waals surface area contributed by atoms with Crippen molar-refractivity contribution in [2.45, 2.75) is 118 Å². The SMILES string of the molecule is C.C.C.CC(C)(C)O.CCOCC.CN(C)C[C@H]1CN(Cc2ccc(F)cc2Cl)CC[C@]1(O)c1cccc(C#N)c1.CN(C)C[C@H]1CN(Cc2ccc(F)cc2Cl)CC[C@]1(O)c1cccc(C(N)=O)c1.CN(C)C[C@H]1CN(Cc2ccc(F)cc2Cl)CC[C@]1(O)c1cccc(C(N)=O)c1.Cl.[K+].[OH-]. The molecule has 6 aromatic rings. The molecule has 0 bridgehead atoms. The van der Waals surface area contributed by atoms with Crippen LogP contribution in [0.5, 0.6) is 0 Å². The summed E-state index contributed by atoms with van der Waals surface area (Å²) in [6, 6.07) is 36.7. The normalized spacial score (nSPS) is 20.2. The summed E-state index contributed by atoms with van der Waals surface area (Å²) in [5.41, 5.74) is 13.3. The number of hydrogen-bond donors (Lipinski definition) is 6. The largest absolute Gasteiger partial charge is 1.00 e. The van der Waals surface area contributed by atoms with Crippen molar-refractivity contribution in [2.24, 2.45) is 29.2 Å². The van der Waals surface area contributed by atoms with Crippen molar-refractivity contribution >= 4 is 59.0 Å². The predicted molar refractivity (Wildman–Crippen MR) is 406 cm³/mol. The van der Waals surface area contributed by atoms with Gasteiger partial charge in [0.2, 0.25) is 11.8 Å². The van der Waals surface area contributed by atoms with E-state index in [0.717, 1.165) is 35.5 Å². The molecule has 0 spiro atoms. The fourth-order valence-electron chi connectivity index (χ4n) is 12.4. The third kappa shape index (κ3) is 31.0. The van der Waals surface area contributed by atoms with Crippen LogP contribution in [0.15, 0.2) is 127 Å². The van der Waals surface area contributed by atoms with Crippen LogP contribution >= 0.6 is 47.2 Å². The maximum Gasteiger partial charge on any atom is 1.00 e. The van der Waals surface area contributed by atoms with Gasteiger partial charge < -0.3 is 56.8 Å². The Kier molecular flexibility index (Phi) is 45.9. The van der Waals surface area contributed by atoms with Gasteiger partial charge >= 0.3 is 51.4 Å². The predicted octanol–water partition coefficient (Wildman–Crippen LogP) is 10.3. The first-order valence-electron chi connectivity index (χ1n) is 32.3. The minimum Gasteiger partial charge on any atom is -0.870 e. The zero-order valence-corrected chi connectivity index (χ0v) is 65.5. The molecule has 3 heterocycles. The number of nitrogens with zero attached hydrogens (tertiary/aromatic N) is 7. The number of aliphatic hydroxyl groups is 4. The molecule has 3 aliphatic rings. The molecule has 0 aliphatic carbocycles. The number of rotatable bonds is 19. The van der Waals surface area contributed by atoms with Crippen LogP contribution in [0, 0.1) is 46.5 Å². The third-order valence-corrected chi connectivity index (χ3v) is 18.1. The van der Waals surface area contributed by atoms with E-state index in [4.69, 9.17) is 56.1 Å². The molecule has 3 fully saturated rings. The summed E-state index contributed by atoms with van der Waals surface area (Å²) in [4.78, 5) is 36.0. The Labute approximate surface area is 670 Å². The molecular weight excluding hydrogens is 1420 g/mol. The van der Waals surface area contributed by atoms with Crippen molar-refractivity contribution in [1.29, 1.82) is 5.26 Å². The van der Waals surface area contributed by atoms with E-state index in [0.29, 0.717) is 141 Å². The van der Waals surface area contributed by atoms with Crippen molar-refractivity contribution in [1.82, 2.24) is 29.4 Å². The minimum atomic E-state index is -1.07. The van der Waals surface area contributed by atoms with Gasteiger partial charge in [-0.1, -0.05) is 112 Å². The number of primary amides is 2. The van der Waals surface area contributed by atoms with E-state index in [1.165, 1.54) is 36.4 Å². The number of likely N-dealkylation sites (tertiary alicyclic amines) is 3. The molecule has 25 heteroatoms. The molecule has 102 heavy (non-hydrogen) atoms. The second-order valence-electron chi connectivity index (χ2n) is 26.8. The van der Waals surface area contributed by atoms with Gasteiger partial charge in [0.05, 0.1) is 34.0 Å². The molecule has 6 atom stereocenters. The quantitative estimate of drug-likeness (QED) is 0.0413. The Morgan fingerprint density at radius 3 is 1.06 bits per heavy atom. The number of hydrogen-bond acceptors (Lipinski definition) is 15. The first kappa shape index (κ1) is 99.9. The van der Waals surface area contributed by atoms with Crippen LogP contribution in [-0.2, 0) is 41.2 Å². The smallest absolute Gasteiger partial charge is 0.870 e. The van der Waals surface area contributed by atoms with Gasteiger partial charge in [0.1, 0.15) is 17.5 Å². The van der Waals surface area contributed by atoms with Crippen LogP contribution in [0.1, 0.15) is 136 Å². The molecule has 0 saturated carbocycles. The second kappa shape index (κ2) is 46.8. The number of amides is 2. The fraction of sp³-hybridized carbons (Fsp3) is 0.494. The van der Waals surface area contributed by atoms with Crippen molar-refractivity contribution in [3.8, 4) is 6.07 Å². The van der Waals surface area contributed by atoms with Gasteiger partial charge in [-0.05, 0) is 202 Å². The number of piperidine rings is 3. The maximum absolute atomic E-state index is 13.3. The van der Waals surface area contributed by atoms with E-state index in [1.54, 1.807) is 87.5 Å². The van der Waals surface area contributed by atoms with Gasteiger partial charge in [-0.2, -0.15) is 5.26 Å². The van der Waals surface area contributed by atoms with Gasteiger partial charge in [-0.3, -0.25) is 24.3 Å². The molecule has 17 nitrogen and oxygen atoms in total. The third-order valence-electron chi connectivity index (χ3n) is 17.1. The van der Waals surface area contributed by atoms with Gasteiger partial charge in [0.15, 0.2) is 0 Å². The second-order valence-corrected chi connectivity index (χ2v) is 28.1. The minimum absolute atomic E-state index is 0. The van der Waals surface area contributed by atoms with Crippen molar-refractivity contribution < 1.29 is 105 Å². The van der Waals surface area contributed by atoms with Crippen LogP contribution in [0.2, 0.25) is 15.1 Å². The van der Waals surface area contributed by atoms with Gasteiger partial charge in [-0.15, -0.1) is 12.4 Å². The number of nitriles is 1. The number of halogens is 7. The summed E-state index contributed by atoms with van der Waals surface area (Å²) in [7, 11) is 11.8. The zero-order valence-electron chi connectivity index (χ0n) is 59.3. The first-order chi connectivity index (χ1) is 45.1. The Hall–Kier alpha value is -4.14. The molecule has 0 unspecified atom stereocenters. The van der Waals surface area contributed by atoms with Crippen molar-refractivity contribution in [3.63, 3.8) is 0 Å². The molecule has 2 amide bonds. The van der Waals surface area contributed by atoms with Crippen LogP contribution in [0.4, 0.5) is 13.2 Å². The molecule has 9 N–H and O–H groups in total. The maximum atomic E-state index is 13.3. The number of ether oxygens (including phenoxy) is 1. The molecular formula is C77H113Cl4F3KN9O8. The van der Waals surface area contributed by atoms with Crippen LogP contribution < -0.4 is 62.9 Å². The molecule has 564 valence electrons. The van der Waals surface area contributed by atoms with Crippen LogP contribution in [0.25, 0.3) is 0 Å². The van der Waals surface area contributed by atoms with E-state index in [-0.39, 0.29) is 127 Å². The molecule has 0 aromatic heterocycles. The Morgan fingerprint density at radius 1 is 0.549 bits per heavy atom. The van der Waals surface area contributed by atoms with Gasteiger partial charge in [0, 0.05) is 136 Å². The average molecular weight is 1530 g/mol. The summed E-state index contributed by atoms with van der Waals surface area (Å²) in [6.45, 7) is 18.7. The summed E-state index contributed by atoms with van der Waals surface area (Å²) in [6.07, 6.45) is 1.57. The fourth-order valence-corrected chi connectivity index (χ4v) is 13.1. The van der Waals surface area contributed by atoms with Gasteiger partial charge in [-0.25, -0.2) is 13.2 Å². The molecule has 0 radical (unpaired) electrons. The average Bonchev–Trinajstić information content (AvgIpc) is 0.786. The van der Waals surface area contributed by atoms with Crippen LogP contribution in [-0.4, -0.2) is 187 Å². The van der Waals surface area contributed by atoms with E-state index >= 15 is 0 Å². The summed E-state index contributed by atoms with van der Waals surface area (Å²) < 4.78 is 44.8. The first-order valence-corrected chi connectivity index (χ1v) is 33.5. The summed E-state index contributed by atoms with van der Waals surface area (Å²) in [5.74, 6) is -2.29. The molecule has 6 aromatic carbocycles. The number of nitrogens with two attached hydrogens (primary N) is 2.